The van der Waals surface area contributed by atoms with Crippen molar-refractivity contribution in [1.82, 2.24) is 4.90 Å². The minimum atomic E-state index is 0.464. The summed E-state index contributed by atoms with van der Waals surface area (Å²) in [6.45, 7) is 4.63. The molecule has 0 radical (unpaired) electrons. The zero-order chi connectivity index (χ0) is 10.3. The molecule has 2 nitrogen and oxygen atoms in total. The molecule has 2 rings (SSSR count). The molecule has 0 saturated carbocycles. The van der Waals surface area contributed by atoms with E-state index in [1.807, 2.05) is 0 Å². The molecule has 82 valence electrons. The van der Waals surface area contributed by atoms with Gasteiger partial charge in [0.1, 0.15) is 0 Å². The first kappa shape index (κ1) is 10.4. The minimum Gasteiger partial charge on any atom is -0.327 e. The summed E-state index contributed by atoms with van der Waals surface area (Å²) in [4.78, 5) is 2.59. The Morgan fingerprint density at radius 1 is 1.36 bits per heavy atom. The first-order chi connectivity index (χ1) is 6.59. The minimum absolute atomic E-state index is 0.464. The van der Waals surface area contributed by atoms with E-state index in [9.17, 15) is 0 Å². The van der Waals surface area contributed by atoms with Crippen molar-refractivity contribution < 1.29 is 0 Å². The van der Waals surface area contributed by atoms with Crippen LogP contribution in [0.1, 0.15) is 39.5 Å². The molecule has 2 heterocycles. The van der Waals surface area contributed by atoms with Gasteiger partial charge in [-0.25, -0.2) is 0 Å². The van der Waals surface area contributed by atoms with Crippen molar-refractivity contribution in [2.75, 3.05) is 7.05 Å². The maximum absolute atomic E-state index is 6.28. The van der Waals surface area contributed by atoms with Gasteiger partial charge in [-0.1, -0.05) is 13.8 Å². The van der Waals surface area contributed by atoms with Gasteiger partial charge in [0.05, 0.1) is 0 Å². The fraction of sp³-hybridized carbons (Fsp3) is 1.00. The van der Waals surface area contributed by atoms with Crippen LogP contribution in [0.15, 0.2) is 0 Å². The van der Waals surface area contributed by atoms with E-state index in [0.717, 1.165) is 23.9 Å². The van der Waals surface area contributed by atoms with Crippen LogP contribution < -0.4 is 5.73 Å². The van der Waals surface area contributed by atoms with Gasteiger partial charge in [0.15, 0.2) is 0 Å². The van der Waals surface area contributed by atoms with Crippen LogP contribution in [-0.2, 0) is 0 Å². The van der Waals surface area contributed by atoms with E-state index in [2.05, 4.69) is 25.8 Å². The molecule has 2 aliphatic rings. The summed E-state index contributed by atoms with van der Waals surface area (Å²) in [5.41, 5.74) is 6.28. The van der Waals surface area contributed by atoms with Crippen LogP contribution in [0, 0.1) is 11.8 Å². The zero-order valence-corrected chi connectivity index (χ0v) is 9.74. The lowest BCUT2D eigenvalue weighted by atomic mass is 9.81. The van der Waals surface area contributed by atoms with Crippen molar-refractivity contribution in [1.29, 1.82) is 0 Å². The molecule has 4 unspecified atom stereocenters. The lowest BCUT2D eigenvalue weighted by Gasteiger charge is -2.42. The second kappa shape index (κ2) is 3.82. The maximum Gasteiger partial charge on any atom is 0.0139 e. The second-order valence-corrected chi connectivity index (χ2v) is 5.66. The molecule has 2 heteroatoms. The third kappa shape index (κ3) is 1.70. The van der Waals surface area contributed by atoms with Gasteiger partial charge in [0.25, 0.3) is 0 Å². The molecule has 0 amide bonds. The molecule has 14 heavy (non-hydrogen) atoms. The Hall–Kier alpha value is -0.0800. The Morgan fingerprint density at radius 3 is 2.71 bits per heavy atom. The quantitative estimate of drug-likeness (QED) is 0.730. The van der Waals surface area contributed by atoms with E-state index in [0.29, 0.717) is 6.04 Å². The molecule has 2 aliphatic heterocycles. The van der Waals surface area contributed by atoms with Crippen molar-refractivity contribution in [3.05, 3.63) is 0 Å². The van der Waals surface area contributed by atoms with Gasteiger partial charge in [-0.2, -0.15) is 0 Å². The zero-order valence-electron chi connectivity index (χ0n) is 9.74. The molecule has 4 atom stereocenters. The number of rotatable bonds is 2. The van der Waals surface area contributed by atoms with Crippen LogP contribution in [0.3, 0.4) is 0 Å². The Kier molecular flexibility index (Phi) is 2.85. The molecule has 2 bridgehead atoms. The summed E-state index contributed by atoms with van der Waals surface area (Å²) in [6, 6.07) is 2.04. The average molecular weight is 196 g/mol. The standard InChI is InChI=1S/C12H24N2/c1-8(2)6-10-11(13)7-9-4-5-12(10)14(9)3/h8-12H,4-7,13H2,1-3H3. The van der Waals surface area contributed by atoms with Gasteiger partial charge in [-0.15, -0.1) is 0 Å². The second-order valence-electron chi connectivity index (χ2n) is 5.66. The summed E-state index contributed by atoms with van der Waals surface area (Å²) in [5, 5.41) is 0. The summed E-state index contributed by atoms with van der Waals surface area (Å²) < 4.78 is 0. The highest BCUT2D eigenvalue weighted by molar-refractivity contribution is 5.00. The lowest BCUT2D eigenvalue weighted by Crippen LogP contribution is -2.52. The molecule has 0 aromatic heterocycles. The summed E-state index contributed by atoms with van der Waals surface area (Å²) in [6.07, 6.45) is 5.29. The van der Waals surface area contributed by atoms with Gasteiger partial charge < -0.3 is 10.6 Å². The third-order valence-electron chi connectivity index (χ3n) is 4.23. The number of fused-ring (bicyclic) bond motifs is 2. The molecule has 2 fully saturated rings. The van der Waals surface area contributed by atoms with Gasteiger partial charge >= 0.3 is 0 Å². The maximum atomic E-state index is 6.28. The summed E-state index contributed by atoms with van der Waals surface area (Å²) >= 11 is 0. The molecular formula is C12H24N2. The van der Waals surface area contributed by atoms with Gasteiger partial charge in [-0.3, -0.25) is 0 Å². The number of hydrogen-bond donors (Lipinski definition) is 1. The lowest BCUT2D eigenvalue weighted by molar-refractivity contribution is 0.0891. The molecule has 0 aliphatic carbocycles. The van der Waals surface area contributed by atoms with Crippen LogP contribution in [0.5, 0.6) is 0 Å². The van der Waals surface area contributed by atoms with E-state index >= 15 is 0 Å². The fourth-order valence-corrected chi connectivity index (χ4v) is 3.49. The molecule has 0 aromatic carbocycles. The van der Waals surface area contributed by atoms with Crippen LogP contribution in [-0.4, -0.2) is 30.1 Å². The Bertz CT molecular complexity index is 202. The van der Waals surface area contributed by atoms with E-state index in [1.165, 1.54) is 25.7 Å². The van der Waals surface area contributed by atoms with Gasteiger partial charge in [0, 0.05) is 18.1 Å². The Balaban J connectivity index is 2.06. The largest absolute Gasteiger partial charge is 0.327 e. The SMILES string of the molecule is CC(C)CC1C(N)CC2CCC1N2C. The first-order valence-corrected chi connectivity index (χ1v) is 6.07. The number of nitrogens with two attached hydrogens (primary N) is 1. The number of piperidine rings is 1. The number of hydrogen-bond acceptors (Lipinski definition) is 2. The van der Waals surface area contributed by atoms with Gasteiger partial charge in [-0.05, 0) is 44.6 Å². The van der Waals surface area contributed by atoms with Crippen LogP contribution in [0.4, 0.5) is 0 Å². The highest BCUT2D eigenvalue weighted by Crippen LogP contribution is 2.39. The average Bonchev–Trinajstić information content (AvgIpc) is 2.34. The van der Waals surface area contributed by atoms with E-state index in [1.54, 1.807) is 0 Å². The normalized spacial score (nSPS) is 43.5. The topological polar surface area (TPSA) is 29.3 Å². The molecule has 0 spiro atoms. The van der Waals surface area contributed by atoms with E-state index in [-0.39, 0.29) is 0 Å². The third-order valence-corrected chi connectivity index (χ3v) is 4.23. The Labute approximate surface area is 87.8 Å². The molecular weight excluding hydrogens is 172 g/mol. The smallest absolute Gasteiger partial charge is 0.0139 e. The van der Waals surface area contributed by atoms with Crippen molar-refractivity contribution in [2.45, 2.75) is 57.7 Å². The fourth-order valence-electron chi connectivity index (χ4n) is 3.49. The van der Waals surface area contributed by atoms with Crippen LogP contribution in [0.25, 0.3) is 0 Å². The first-order valence-electron chi connectivity index (χ1n) is 6.07. The highest BCUT2D eigenvalue weighted by Gasteiger charge is 2.43. The van der Waals surface area contributed by atoms with E-state index in [4.69, 9.17) is 5.73 Å². The molecule has 2 saturated heterocycles. The molecule has 0 aromatic rings. The summed E-state index contributed by atoms with van der Waals surface area (Å²) in [5.74, 6) is 1.54. The van der Waals surface area contributed by atoms with Crippen LogP contribution in [0.2, 0.25) is 0 Å². The van der Waals surface area contributed by atoms with Crippen molar-refractivity contribution in [3.8, 4) is 0 Å². The summed E-state index contributed by atoms with van der Waals surface area (Å²) in [7, 11) is 2.29. The van der Waals surface area contributed by atoms with Gasteiger partial charge in [0.2, 0.25) is 0 Å². The monoisotopic (exact) mass is 196 g/mol. The number of nitrogens with zero attached hydrogens (tertiary/aromatic N) is 1. The Morgan fingerprint density at radius 2 is 2.07 bits per heavy atom. The van der Waals surface area contributed by atoms with Crippen LogP contribution >= 0.6 is 0 Å². The predicted molar refractivity (Wildman–Crippen MR) is 60.1 cm³/mol. The van der Waals surface area contributed by atoms with Crippen molar-refractivity contribution >= 4 is 0 Å². The van der Waals surface area contributed by atoms with Crippen molar-refractivity contribution in [3.63, 3.8) is 0 Å². The van der Waals surface area contributed by atoms with Crippen molar-refractivity contribution in [2.24, 2.45) is 17.6 Å². The molecule has 2 N–H and O–H groups in total. The predicted octanol–water partition coefficient (Wildman–Crippen LogP) is 1.84. The van der Waals surface area contributed by atoms with E-state index < -0.39 is 0 Å². The highest BCUT2D eigenvalue weighted by atomic mass is 15.2.